The summed E-state index contributed by atoms with van der Waals surface area (Å²) < 4.78 is 8.15. The van der Waals surface area contributed by atoms with Crippen molar-refractivity contribution in [1.82, 2.24) is 34.9 Å². The van der Waals surface area contributed by atoms with E-state index in [1.54, 1.807) is 12.4 Å². The van der Waals surface area contributed by atoms with Gasteiger partial charge in [-0.15, -0.1) is 64.3 Å². The van der Waals surface area contributed by atoms with Gasteiger partial charge in [0.2, 0.25) is 5.71 Å². The van der Waals surface area contributed by atoms with E-state index >= 15 is 0 Å². The van der Waals surface area contributed by atoms with E-state index in [-0.39, 0.29) is 20.1 Å². The molecule has 0 N–H and O–H groups in total. The number of pyridine rings is 2. The van der Waals surface area contributed by atoms with Gasteiger partial charge in [0, 0.05) is 43.1 Å². The molecule has 0 fully saturated rings. The molecule has 5 heterocycles. The van der Waals surface area contributed by atoms with Crippen molar-refractivity contribution in [3.8, 4) is 28.3 Å². The van der Waals surface area contributed by atoms with E-state index in [0.29, 0.717) is 22.8 Å². The standard InChI is InChI=1S/C22H13N6O.C11H8N.Ir/c1-13-10-11-16-15-8-5-9-17(19(15)29-22(16)24-13)21-25-20-18(12-23-27-26-20)28(21)14-6-3-2-4-7-14;1-2-6-10(7-3-1)11-8-4-5-9-12-11;/h2-8,10-12H,1H3;1-6,8-9H;/q2*-1;. The number of aromatic nitrogens is 7. The van der Waals surface area contributed by atoms with E-state index in [1.807, 2.05) is 109 Å². The molecule has 0 unspecified atom stereocenters. The fourth-order valence-electron chi connectivity index (χ4n) is 4.72. The van der Waals surface area contributed by atoms with Gasteiger partial charge in [0.15, 0.2) is 5.65 Å². The zero-order valence-corrected chi connectivity index (χ0v) is 24.7. The van der Waals surface area contributed by atoms with E-state index in [0.717, 1.165) is 44.5 Å². The second-order valence-corrected chi connectivity index (χ2v) is 9.24. The van der Waals surface area contributed by atoms with Gasteiger partial charge >= 0.3 is 0 Å². The minimum Gasteiger partial charge on any atom is -0.486 e. The van der Waals surface area contributed by atoms with Crippen LogP contribution in [-0.4, -0.2) is 34.9 Å². The predicted molar refractivity (Wildman–Crippen MR) is 157 cm³/mol. The van der Waals surface area contributed by atoms with Crippen LogP contribution in [0.15, 0.2) is 114 Å². The Kier molecular flexibility index (Phi) is 7.60. The first-order chi connectivity index (χ1) is 20.3. The van der Waals surface area contributed by atoms with Crippen LogP contribution >= 0.6 is 0 Å². The van der Waals surface area contributed by atoms with E-state index in [2.05, 4.69) is 37.5 Å². The maximum Gasteiger partial charge on any atom is 0.216 e. The van der Waals surface area contributed by atoms with Crippen molar-refractivity contribution < 1.29 is 24.5 Å². The van der Waals surface area contributed by atoms with Crippen LogP contribution in [0.5, 0.6) is 0 Å². The molecular weight excluding hydrogens is 703 g/mol. The number of para-hydroxylation sites is 1. The van der Waals surface area contributed by atoms with Crippen LogP contribution in [0.3, 0.4) is 0 Å². The average molecular weight is 724 g/mol. The summed E-state index contributed by atoms with van der Waals surface area (Å²) in [6.45, 7) is 1.94. The van der Waals surface area contributed by atoms with Crippen molar-refractivity contribution in [3.63, 3.8) is 0 Å². The summed E-state index contributed by atoms with van der Waals surface area (Å²) in [5, 5.41) is 13.7. The summed E-state index contributed by atoms with van der Waals surface area (Å²) >= 11 is 0. The van der Waals surface area contributed by atoms with Crippen molar-refractivity contribution in [3.05, 3.63) is 127 Å². The molecule has 0 aliphatic carbocycles. The van der Waals surface area contributed by atoms with E-state index in [4.69, 9.17) is 9.40 Å². The summed E-state index contributed by atoms with van der Waals surface area (Å²) in [7, 11) is 0. The third-order valence-electron chi connectivity index (χ3n) is 6.59. The van der Waals surface area contributed by atoms with Gasteiger partial charge in [0.05, 0.1) is 17.6 Å². The Morgan fingerprint density at radius 3 is 2.45 bits per heavy atom. The average Bonchev–Trinajstić information content (AvgIpc) is 3.61. The first-order valence-corrected chi connectivity index (χ1v) is 13.0. The van der Waals surface area contributed by atoms with Crippen LogP contribution in [0.4, 0.5) is 0 Å². The second kappa shape index (κ2) is 11.8. The molecule has 42 heavy (non-hydrogen) atoms. The molecule has 5 aromatic heterocycles. The fraction of sp³-hybridized carbons (Fsp3) is 0.0303. The van der Waals surface area contributed by atoms with Crippen molar-refractivity contribution in [2.24, 2.45) is 0 Å². The largest absolute Gasteiger partial charge is 0.486 e. The minimum absolute atomic E-state index is 0. The second-order valence-electron chi connectivity index (χ2n) is 9.24. The van der Waals surface area contributed by atoms with Crippen LogP contribution < -0.4 is 0 Å². The Balaban J connectivity index is 0.000000205. The molecule has 0 saturated heterocycles. The van der Waals surface area contributed by atoms with Crippen molar-refractivity contribution in [2.45, 2.75) is 6.92 Å². The van der Waals surface area contributed by atoms with Crippen LogP contribution in [0, 0.1) is 19.1 Å². The number of hydrogen-bond acceptors (Lipinski definition) is 7. The molecule has 205 valence electrons. The zero-order chi connectivity index (χ0) is 27.6. The number of nitrogens with zero attached hydrogens (tertiary/aromatic N) is 7. The van der Waals surface area contributed by atoms with Crippen LogP contribution in [0.1, 0.15) is 5.69 Å². The summed E-state index contributed by atoms with van der Waals surface area (Å²) in [6, 6.07) is 37.9. The van der Waals surface area contributed by atoms with Crippen LogP contribution in [0.2, 0.25) is 0 Å². The van der Waals surface area contributed by atoms with Gasteiger partial charge in [-0.25, -0.2) is 4.98 Å². The number of hydrogen-bond donors (Lipinski definition) is 0. The molecule has 0 amide bonds. The van der Waals surface area contributed by atoms with E-state index in [1.165, 1.54) is 0 Å². The Hall–Kier alpha value is -5.11. The van der Waals surface area contributed by atoms with Crippen molar-refractivity contribution in [2.75, 3.05) is 0 Å². The summed E-state index contributed by atoms with van der Waals surface area (Å²) in [5.41, 5.74) is 7.15. The van der Waals surface area contributed by atoms with E-state index in [9.17, 15) is 0 Å². The van der Waals surface area contributed by atoms with Crippen molar-refractivity contribution in [1.29, 1.82) is 0 Å². The summed E-state index contributed by atoms with van der Waals surface area (Å²) in [5.74, 6) is 0.662. The molecule has 8 aromatic rings. The Labute approximate surface area is 254 Å². The van der Waals surface area contributed by atoms with E-state index < -0.39 is 0 Å². The molecular formula is C33H21IrN7O-2. The molecule has 9 heteroatoms. The molecule has 0 atom stereocenters. The smallest absolute Gasteiger partial charge is 0.216 e. The Bertz CT molecular complexity index is 2070. The number of rotatable bonds is 3. The van der Waals surface area contributed by atoms with Gasteiger partial charge in [-0.1, -0.05) is 41.3 Å². The monoisotopic (exact) mass is 724 g/mol. The molecule has 1 radical (unpaired) electrons. The molecule has 0 saturated carbocycles. The molecule has 0 spiro atoms. The molecule has 0 aliphatic heterocycles. The summed E-state index contributed by atoms with van der Waals surface area (Å²) in [6.07, 6.45) is 3.45. The molecule has 0 aliphatic rings. The quantitative estimate of drug-likeness (QED) is 0.185. The normalized spacial score (nSPS) is 10.8. The number of benzene rings is 3. The molecule has 8 nitrogen and oxygen atoms in total. The first kappa shape index (κ1) is 27.1. The van der Waals surface area contributed by atoms with Gasteiger partial charge in [-0.05, 0) is 48.2 Å². The SMILES string of the molecule is Cc1ccc2c(n1)oc1c(-c3nc4nnncc4n3-c3ccccc3)[c-]ccc12.[Ir].[c-]1ccccc1-c1ccccn1. The number of fused-ring (bicyclic) bond motifs is 4. The van der Waals surface area contributed by atoms with Crippen LogP contribution in [-0.2, 0) is 20.1 Å². The van der Waals surface area contributed by atoms with Gasteiger partial charge in [-0.3, -0.25) is 4.98 Å². The maximum atomic E-state index is 6.16. The third-order valence-corrected chi connectivity index (χ3v) is 6.59. The van der Waals surface area contributed by atoms with Gasteiger partial charge in [-0.2, -0.15) is 0 Å². The number of furan rings is 1. The zero-order valence-electron chi connectivity index (χ0n) is 22.3. The van der Waals surface area contributed by atoms with Gasteiger partial charge in [0.25, 0.3) is 0 Å². The van der Waals surface area contributed by atoms with Gasteiger partial charge in [0.1, 0.15) is 5.52 Å². The Morgan fingerprint density at radius 1 is 0.786 bits per heavy atom. The van der Waals surface area contributed by atoms with Crippen molar-refractivity contribution >= 4 is 33.2 Å². The fourth-order valence-corrected chi connectivity index (χ4v) is 4.72. The number of imidazole rings is 1. The number of aryl methyl sites for hydroxylation is 1. The Morgan fingerprint density at radius 2 is 1.64 bits per heavy atom. The molecule has 0 bridgehead atoms. The molecule has 8 rings (SSSR count). The van der Waals surface area contributed by atoms with Gasteiger partial charge < -0.3 is 14.0 Å². The topological polar surface area (TPSA) is 95.4 Å². The third kappa shape index (κ3) is 5.07. The summed E-state index contributed by atoms with van der Waals surface area (Å²) in [4.78, 5) is 13.5. The first-order valence-electron chi connectivity index (χ1n) is 13.0. The maximum absolute atomic E-state index is 6.16. The minimum atomic E-state index is 0. The molecule has 3 aromatic carbocycles. The van der Waals surface area contributed by atoms with Crippen LogP contribution in [0.25, 0.3) is 61.6 Å². The predicted octanol–water partition coefficient (Wildman–Crippen LogP) is 6.83.